The van der Waals surface area contributed by atoms with E-state index in [1.807, 2.05) is 0 Å². The maximum atomic E-state index is 10.8. The minimum Gasteiger partial charge on any atom is -0.378 e. The van der Waals surface area contributed by atoms with Crippen molar-refractivity contribution in [3.63, 3.8) is 0 Å². The van der Waals surface area contributed by atoms with Crippen LogP contribution in [0.3, 0.4) is 0 Å². The summed E-state index contributed by atoms with van der Waals surface area (Å²) in [6.45, 7) is 0.548. The Morgan fingerprint density at radius 1 is 1.62 bits per heavy atom. The summed E-state index contributed by atoms with van der Waals surface area (Å²) in [5.74, 6) is 0.404. The molecule has 1 rings (SSSR count). The Bertz CT molecular complexity index is 397. The molecule has 0 fully saturated rings. The van der Waals surface area contributed by atoms with Crippen molar-refractivity contribution in [3.05, 3.63) is 28.4 Å². The molecule has 0 aromatic carbocycles. The average molecular weight is 243 g/mol. The first-order chi connectivity index (χ1) is 7.61. The van der Waals surface area contributed by atoms with Gasteiger partial charge in [0, 0.05) is 29.4 Å². The zero-order valence-electron chi connectivity index (χ0n) is 8.88. The molecule has 1 aromatic heterocycles. The van der Waals surface area contributed by atoms with Gasteiger partial charge in [-0.25, -0.2) is 0 Å². The maximum Gasteiger partial charge on any atom is 0.386 e. The SMILES string of the molecule is CS(=O)CCCNc1cccnc1[N+](=O)[O-]. The topological polar surface area (TPSA) is 85.1 Å². The van der Waals surface area contributed by atoms with Gasteiger partial charge in [0.25, 0.3) is 0 Å². The van der Waals surface area contributed by atoms with Crippen molar-refractivity contribution in [3.8, 4) is 0 Å². The van der Waals surface area contributed by atoms with Crippen molar-refractivity contribution < 1.29 is 9.13 Å². The number of hydrogen-bond donors (Lipinski definition) is 1. The predicted molar refractivity (Wildman–Crippen MR) is 62.9 cm³/mol. The van der Waals surface area contributed by atoms with Crippen LogP contribution in [-0.2, 0) is 10.8 Å². The first-order valence-corrected chi connectivity index (χ1v) is 6.47. The molecule has 0 aliphatic carbocycles. The molecule has 1 N–H and O–H groups in total. The number of nitro groups is 1. The molecule has 16 heavy (non-hydrogen) atoms. The summed E-state index contributed by atoms with van der Waals surface area (Å²) in [6, 6.07) is 3.24. The van der Waals surface area contributed by atoms with Gasteiger partial charge in [0.15, 0.2) is 0 Å². The summed E-state index contributed by atoms with van der Waals surface area (Å²) in [7, 11) is -0.827. The van der Waals surface area contributed by atoms with Crippen LogP contribution in [0.4, 0.5) is 11.5 Å². The summed E-state index contributed by atoms with van der Waals surface area (Å²) >= 11 is 0. The van der Waals surface area contributed by atoms with E-state index in [9.17, 15) is 14.3 Å². The lowest BCUT2D eigenvalue weighted by Gasteiger charge is -2.05. The highest BCUT2D eigenvalue weighted by Gasteiger charge is 2.12. The van der Waals surface area contributed by atoms with E-state index in [-0.39, 0.29) is 5.82 Å². The van der Waals surface area contributed by atoms with Gasteiger partial charge in [-0.05, 0) is 28.5 Å². The van der Waals surface area contributed by atoms with Crippen molar-refractivity contribution in [1.82, 2.24) is 4.98 Å². The normalized spacial score (nSPS) is 12.1. The second kappa shape index (κ2) is 6.16. The Morgan fingerprint density at radius 2 is 2.38 bits per heavy atom. The third-order valence-corrected chi connectivity index (χ3v) is 2.75. The number of pyridine rings is 1. The van der Waals surface area contributed by atoms with Gasteiger partial charge in [-0.15, -0.1) is 0 Å². The van der Waals surface area contributed by atoms with Crippen LogP contribution < -0.4 is 5.32 Å². The lowest BCUT2D eigenvalue weighted by atomic mass is 10.3. The van der Waals surface area contributed by atoms with Gasteiger partial charge < -0.3 is 15.4 Å². The number of aromatic nitrogens is 1. The van der Waals surface area contributed by atoms with Crippen LogP contribution in [0.5, 0.6) is 0 Å². The van der Waals surface area contributed by atoms with E-state index in [2.05, 4.69) is 10.3 Å². The monoisotopic (exact) mass is 243 g/mol. The molecule has 0 spiro atoms. The van der Waals surface area contributed by atoms with Gasteiger partial charge in [-0.1, -0.05) is 0 Å². The summed E-state index contributed by atoms with van der Waals surface area (Å²) < 4.78 is 10.8. The largest absolute Gasteiger partial charge is 0.386 e. The molecule has 1 aromatic rings. The Kier molecular flexibility index (Phi) is 4.84. The van der Waals surface area contributed by atoms with Crippen molar-refractivity contribution in [2.75, 3.05) is 23.9 Å². The van der Waals surface area contributed by atoms with E-state index in [1.54, 1.807) is 18.4 Å². The highest BCUT2D eigenvalue weighted by molar-refractivity contribution is 7.84. The minimum atomic E-state index is -0.827. The Morgan fingerprint density at radius 3 is 3.00 bits per heavy atom. The molecular formula is C9H13N3O3S. The fourth-order valence-electron chi connectivity index (χ4n) is 1.18. The van der Waals surface area contributed by atoms with E-state index in [1.165, 1.54) is 6.20 Å². The second-order valence-corrected chi connectivity index (χ2v) is 4.74. The number of anilines is 1. The lowest BCUT2D eigenvalue weighted by Crippen LogP contribution is -2.08. The molecule has 0 saturated carbocycles. The first-order valence-electron chi connectivity index (χ1n) is 4.74. The Hall–Kier alpha value is -1.50. The maximum absolute atomic E-state index is 10.8. The van der Waals surface area contributed by atoms with Gasteiger partial charge in [0.2, 0.25) is 0 Å². The molecule has 0 saturated heterocycles. The summed E-state index contributed by atoms with van der Waals surface area (Å²) in [4.78, 5) is 13.8. The standard InChI is InChI=1S/C9H13N3O3S/c1-16(15)7-3-6-10-8-4-2-5-11-9(8)12(13)14/h2,4-5,10H,3,6-7H2,1H3. The van der Waals surface area contributed by atoms with Crippen LogP contribution in [-0.4, -0.2) is 32.7 Å². The molecule has 0 aliphatic rings. The molecule has 0 aliphatic heterocycles. The number of nitrogens with one attached hydrogen (secondary N) is 1. The Labute approximate surface area is 95.7 Å². The number of nitrogens with zero attached hydrogens (tertiary/aromatic N) is 2. The molecule has 6 nitrogen and oxygen atoms in total. The smallest absolute Gasteiger partial charge is 0.378 e. The van der Waals surface area contributed by atoms with Crippen LogP contribution in [0.25, 0.3) is 0 Å². The van der Waals surface area contributed by atoms with Crippen molar-refractivity contribution in [2.45, 2.75) is 6.42 Å². The van der Waals surface area contributed by atoms with Gasteiger partial charge in [0.1, 0.15) is 11.9 Å². The van der Waals surface area contributed by atoms with E-state index in [0.29, 0.717) is 24.4 Å². The third kappa shape index (κ3) is 3.93. The lowest BCUT2D eigenvalue weighted by molar-refractivity contribution is -0.388. The Balaban J connectivity index is 2.53. The molecule has 88 valence electrons. The van der Waals surface area contributed by atoms with Crippen molar-refractivity contribution in [1.29, 1.82) is 0 Å². The highest BCUT2D eigenvalue weighted by Crippen LogP contribution is 2.19. The molecule has 7 heteroatoms. The van der Waals surface area contributed by atoms with Crippen LogP contribution in [0.15, 0.2) is 18.3 Å². The van der Waals surface area contributed by atoms with Gasteiger partial charge in [-0.3, -0.25) is 4.21 Å². The van der Waals surface area contributed by atoms with Crippen LogP contribution in [0.2, 0.25) is 0 Å². The van der Waals surface area contributed by atoms with Crippen LogP contribution >= 0.6 is 0 Å². The molecule has 1 heterocycles. The van der Waals surface area contributed by atoms with E-state index >= 15 is 0 Å². The zero-order chi connectivity index (χ0) is 12.0. The fraction of sp³-hybridized carbons (Fsp3) is 0.444. The predicted octanol–water partition coefficient (Wildman–Crippen LogP) is 1.17. The summed E-state index contributed by atoms with van der Waals surface area (Å²) in [6.07, 6.45) is 3.71. The number of rotatable bonds is 6. The second-order valence-electron chi connectivity index (χ2n) is 3.19. The van der Waals surface area contributed by atoms with E-state index in [0.717, 1.165) is 0 Å². The molecule has 1 unspecified atom stereocenters. The molecule has 1 atom stereocenters. The van der Waals surface area contributed by atoms with Gasteiger partial charge >= 0.3 is 5.82 Å². The zero-order valence-corrected chi connectivity index (χ0v) is 9.70. The number of hydrogen-bond acceptors (Lipinski definition) is 5. The minimum absolute atomic E-state index is 0.180. The summed E-state index contributed by atoms with van der Waals surface area (Å²) in [5, 5.41) is 13.5. The van der Waals surface area contributed by atoms with Gasteiger partial charge in [0.05, 0.1) is 0 Å². The van der Waals surface area contributed by atoms with Crippen LogP contribution in [0.1, 0.15) is 6.42 Å². The van der Waals surface area contributed by atoms with Crippen molar-refractivity contribution >= 4 is 22.3 Å². The first kappa shape index (κ1) is 12.6. The van der Waals surface area contributed by atoms with E-state index in [4.69, 9.17) is 0 Å². The van der Waals surface area contributed by atoms with E-state index < -0.39 is 15.7 Å². The molecule has 0 radical (unpaired) electrons. The molecule has 0 amide bonds. The summed E-state index contributed by atoms with van der Waals surface area (Å²) in [5.41, 5.74) is 0.398. The average Bonchev–Trinajstić information content (AvgIpc) is 2.24. The quantitative estimate of drug-likeness (QED) is 0.460. The van der Waals surface area contributed by atoms with Crippen LogP contribution in [0, 0.1) is 10.1 Å². The van der Waals surface area contributed by atoms with Gasteiger partial charge in [-0.2, -0.15) is 0 Å². The highest BCUT2D eigenvalue weighted by atomic mass is 32.2. The van der Waals surface area contributed by atoms with Crippen molar-refractivity contribution in [2.24, 2.45) is 0 Å². The third-order valence-electron chi connectivity index (χ3n) is 1.88. The molecular weight excluding hydrogens is 230 g/mol. The molecule has 0 bridgehead atoms. The fourth-order valence-corrected chi connectivity index (χ4v) is 1.73.